The summed E-state index contributed by atoms with van der Waals surface area (Å²) in [5.41, 5.74) is 0.188. The third kappa shape index (κ3) is 2.36. The maximum Gasteiger partial charge on any atom is 0.331 e. The second-order valence-electron chi connectivity index (χ2n) is 2.29. The molecule has 0 aromatic carbocycles. The molecule has 0 amide bonds. The fourth-order valence-electron chi connectivity index (χ4n) is 0.733. The minimum atomic E-state index is -0.959. The first kappa shape index (κ1) is 9.29. The van der Waals surface area contributed by atoms with Crippen LogP contribution in [0.4, 0.5) is 0 Å². The fourth-order valence-corrected chi connectivity index (χ4v) is 1.86. The Morgan fingerprint density at radius 2 is 2.33 bits per heavy atom. The number of rotatable bonds is 3. The van der Waals surface area contributed by atoms with Crippen molar-refractivity contribution in [1.82, 2.24) is 0 Å². The molecule has 1 aromatic heterocycles. The van der Waals surface area contributed by atoms with Crippen LogP contribution in [0.1, 0.15) is 4.88 Å². The van der Waals surface area contributed by atoms with Gasteiger partial charge in [0.25, 0.3) is 0 Å². The number of carbonyl (C=O) groups is 1. The molecule has 0 saturated heterocycles. The Kier molecular flexibility index (Phi) is 2.89. The smallest absolute Gasteiger partial charge is 0.331 e. The molecule has 0 atom stereocenters. The Balaban J connectivity index is 2.64. The second-order valence-corrected chi connectivity index (χ2v) is 4.09. The zero-order valence-electron chi connectivity index (χ0n) is 6.21. The van der Waals surface area contributed by atoms with Crippen LogP contribution >= 0.6 is 22.9 Å². The molecule has 0 bridgehead atoms. The lowest BCUT2D eigenvalue weighted by atomic mass is 10.2. The number of carboxylic acids is 1. The second kappa shape index (κ2) is 3.74. The number of carboxylic acid groups (broad SMARTS) is 1. The Labute approximate surface area is 79.1 Å². The van der Waals surface area contributed by atoms with Gasteiger partial charge in [0, 0.05) is 16.9 Å². The lowest BCUT2D eigenvalue weighted by Crippen LogP contribution is -2.00. The molecule has 0 aliphatic heterocycles. The van der Waals surface area contributed by atoms with Crippen molar-refractivity contribution < 1.29 is 9.90 Å². The standard InChI is InChI=1S/C8H7ClO2S/c1-5(8(10)11)4-6-2-3-7(9)12-6/h2-3H,1,4H2,(H,10,11). The predicted molar refractivity (Wildman–Crippen MR) is 49.8 cm³/mol. The lowest BCUT2D eigenvalue weighted by molar-refractivity contribution is -0.132. The molecule has 0 unspecified atom stereocenters. The number of halogens is 1. The van der Waals surface area contributed by atoms with Gasteiger partial charge in [-0.25, -0.2) is 4.79 Å². The van der Waals surface area contributed by atoms with E-state index in [-0.39, 0.29) is 5.57 Å². The van der Waals surface area contributed by atoms with Crippen molar-refractivity contribution in [2.45, 2.75) is 6.42 Å². The summed E-state index contributed by atoms with van der Waals surface area (Å²) in [5, 5.41) is 8.52. The van der Waals surface area contributed by atoms with Gasteiger partial charge in [0.1, 0.15) is 0 Å². The van der Waals surface area contributed by atoms with E-state index in [1.165, 1.54) is 11.3 Å². The minimum Gasteiger partial charge on any atom is -0.478 e. The highest BCUT2D eigenvalue weighted by Gasteiger charge is 2.06. The van der Waals surface area contributed by atoms with E-state index >= 15 is 0 Å². The lowest BCUT2D eigenvalue weighted by Gasteiger charge is -1.94. The first-order chi connectivity index (χ1) is 5.59. The predicted octanol–water partition coefficient (Wildman–Crippen LogP) is 2.58. The summed E-state index contributed by atoms with van der Waals surface area (Å²) < 4.78 is 0.670. The highest BCUT2D eigenvalue weighted by molar-refractivity contribution is 7.16. The van der Waals surface area contributed by atoms with E-state index in [9.17, 15) is 4.79 Å². The first-order valence-electron chi connectivity index (χ1n) is 3.25. The molecule has 2 nitrogen and oxygen atoms in total. The van der Waals surface area contributed by atoms with Crippen LogP contribution in [-0.2, 0) is 11.2 Å². The summed E-state index contributed by atoms with van der Waals surface area (Å²) in [7, 11) is 0. The van der Waals surface area contributed by atoms with Gasteiger partial charge in [-0.15, -0.1) is 11.3 Å². The molecule has 0 radical (unpaired) electrons. The quantitative estimate of drug-likeness (QED) is 0.765. The van der Waals surface area contributed by atoms with Crippen LogP contribution in [0.25, 0.3) is 0 Å². The maximum absolute atomic E-state index is 10.4. The molecule has 0 aliphatic rings. The maximum atomic E-state index is 10.4. The summed E-state index contributed by atoms with van der Waals surface area (Å²) in [6, 6.07) is 3.55. The van der Waals surface area contributed by atoms with Crippen LogP contribution in [0.3, 0.4) is 0 Å². The van der Waals surface area contributed by atoms with Crippen molar-refractivity contribution >= 4 is 28.9 Å². The van der Waals surface area contributed by atoms with Gasteiger partial charge in [-0.2, -0.15) is 0 Å². The molecule has 12 heavy (non-hydrogen) atoms. The van der Waals surface area contributed by atoms with E-state index in [1.807, 2.05) is 0 Å². The van der Waals surface area contributed by atoms with Crippen LogP contribution in [0.5, 0.6) is 0 Å². The zero-order chi connectivity index (χ0) is 9.14. The molecule has 0 fully saturated rings. The van der Waals surface area contributed by atoms with E-state index in [0.717, 1.165) is 4.88 Å². The van der Waals surface area contributed by atoms with Crippen molar-refractivity contribution in [2.24, 2.45) is 0 Å². The van der Waals surface area contributed by atoms with Crippen molar-refractivity contribution in [3.05, 3.63) is 33.5 Å². The van der Waals surface area contributed by atoms with Gasteiger partial charge >= 0.3 is 5.97 Å². The van der Waals surface area contributed by atoms with Crippen molar-refractivity contribution in [2.75, 3.05) is 0 Å². The van der Waals surface area contributed by atoms with E-state index in [2.05, 4.69) is 6.58 Å². The van der Waals surface area contributed by atoms with Gasteiger partial charge in [0.2, 0.25) is 0 Å². The third-order valence-electron chi connectivity index (χ3n) is 1.32. The summed E-state index contributed by atoms with van der Waals surface area (Å²) >= 11 is 7.04. The van der Waals surface area contributed by atoms with Crippen LogP contribution in [0, 0.1) is 0 Å². The topological polar surface area (TPSA) is 37.3 Å². The Morgan fingerprint density at radius 3 is 2.75 bits per heavy atom. The highest BCUT2D eigenvalue weighted by Crippen LogP contribution is 2.23. The number of thiophene rings is 1. The Morgan fingerprint density at radius 1 is 1.67 bits per heavy atom. The summed E-state index contributed by atoms with van der Waals surface area (Å²) in [4.78, 5) is 11.3. The summed E-state index contributed by atoms with van der Waals surface area (Å²) in [6.07, 6.45) is 0.368. The minimum absolute atomic E-state index is 0.188. The van der Waals surface area contributed by atoms with E-state index in [1.54, 1.807) is 12.1 Å². The van der Waals surface area contributed by atoms with Crippen LogP contribution < -0.4 is 0 Å². The molecule has 1 N–H and O–H groups in total. The van der Waals surface area contributed by atoms with Crippen molar-refractivity contribution in [3.63, 3.8) is 0 Å². The number of hydrogen-bond acceptors (Lipinski definition) is 2. The molecule has 0 aliphatic carbocycles. The summed E-state index contributed by atoms with van der Waals surface area (Å²) in [6.45, 7) is 3.42. The van der Waals surface area contributed by atoms with E-state index in [0.29, 0.717) is 10.8 Å². The van der Waals surface area contributed by atoms with E-state index in [4.69, 9.17) is 16.7 Å². The average molecular weight is 203 g/mol. The van der Waals surface area contributed by atoms with Gasteiger partial charge in [-0.05, 0) is 12.1 Å². The number of hydrogen-bond donors (Lipinski definition) is 1. The molecular weight excluding hydrogens is 196 g/mol. The molecule has 1 aromatic rings. The van der Waals surface area contributed by atoms with Gasteiger partial charge in [0.05, 0.1) is 4.34 Å². The fraction of sp³-hybridized carbons (Fsp3) is 0.125. The van der Waals surface area contributed by atoms with E-state index < -0.39 is 5.97 Å². The third-order valence-corrected chi connectivity index (χ3v) is 2.55. The highest BCUT2D eigenvalue weighted by atomic mass is 35.5. The Bertz CT molecular complexity index is 317. The van der Waals surface area contributed by atoms with Crippen LogP contribution in [-0.4, -0.2) is 11.1 Å². The van der Waals surface area contributed by atoms with Gasteiger partial charge in [-0.1, -0.05) is 18.2 Å². The normalized spacial score (nSPS) is 9.75. The van der Waals surface area contributed by atoms with Gasteiger partial charge in [-0.3, -0.25) is 0 Å². The SMILES string of the molecule is C=C(Cc1ccc(Cl)s1)C(=O)O. The number of aliphatic carboxylic acids is 1. The largest absolute Gasteiger partial charge is 0.478 e. The molecule has 1 rings (SSSR count). The summed E-state index contributed by atoms with van der Waals surface area (Å²) in [5.74, 6) is -0.959. The monoisotopic (exact) mass is 202 g/mol. The molecular formula is C8H7ClO2S. The van der Waals surface area contributed by atoms with Crippen LogP contribution in [0.2, 0.25) is 4.34 Å². The molecule has 0 saturated carbocycles. The molecule has 1 heterocycles. The average Bonchev–Trinajstić information content (AvgIpc) is 2.35. The first-order valence-corrected chi connectivity index (χ1v) is 4.44. The van der Waals surface area contributed by atoms with Crippen molar-refractivity contribution in [3.8, 4) is 0 Å². The van der Waals surface area contributed by atoms with Gasteiger partial charge in [0.15, 0.2) is 0 Å². The zero-order valence-corrected chi connectivity index (χ0v) is 7.78. The molecule has 64 valence electrons. The van der Waals surface area contributed by atoms with Crippen LogP contribution in [0.15, 0.2) is 24.3 Å². The Hall–Kier alpha value is -0.800. The molecule has 0 spiro atoms. The molecule has 4 heteroatoms. The van der Waals surface area contributed by atoms with Gasteiger partial charge < -0.3 is 5.11 Å². The van der Waals surface area contributed by atoms with Crippen molar-refractivity contribution in [1.29, 1.82) is 0 Å².